The molecule has 0 spiro atoms. The van der Waals surface area contributed by atoms with Crippen molar-refractivity contribution in [2.45, 2.75) is 43.2 Å². The van der Waals surface area contributed by atoms with Crippen molar-refractivity contribution in [1.29, 1.82) is 0 Å². The molecule has 1 amide bonds. The van der Waals surface area contributed by atoms with Crippen molar-refractivity contribution < 1.29 is 4.79 Å². The van der Waals surface area contributed by atoms with E-state index in [-0.39, 0.29) is 17.5 Å². The lowest BCUT2D eigenvalue weighted by Gasteiger charge is -2.50. The second kappa shape index (κ2) is 8.49. The fraction of sp³-hybridized carbons (Fsp3) is 0.435. The van der Waals surface area contributed by atoms with Crippen LogP contribution >= 0.6 is 11.8 Å². The molecule has 3 rings (SSSR count). The number of piperidine rings is 1. The Hall–Kier alpha value is -1.78. The van der Waals surface area contributed by atoms with Crippen LogP contribution < -0.4 is 5.32 Å². The van der Waals surface area contributed by atoms with E-state index < -0.39 is 0 Å². The first-order valence-corrected chi connectivity index (χ1v) is 10.9. The minimum absolute atomic E-state index is 0.00190. The van der Waals surface area contributed by atoms with Gasteiger partial charge in [0.1, 0.15) is 0 Å². The first-order valence-electron chi connectivity index (χ1n) is 9.66. The van der Waals surface area contributed by atoms with Crippen molar-refractivity contribution in [3.63, 3.8) is 0 Å². The Bertz CT molecular complexity index is 779. The lowest BCUT2D eigenvalue weighted by Crippen LogP contribution is -2.57. The van der Waals surface area contributed by atoms with E-state index in [1.54, 1.807) is 11.8 Å². The Balaban J connectivity index is 1.95. The number of benzene rings is 2. The summed E-state index contributed by atoms with van der Waals surface area (Å²) in [7, 11) is 2.19. The standard InChI is InChI=1S/C23H30N2OS/c1-17-14-15-23(2,25(3)16-17)21(18-10-6-5-7-11-18)24-22(26)19-12-8-9-13-20(19)27-4/h5-13,17,21H,14-16H2,1-4H3,(H,24,26). The molecule has 1 N–H and O–H groups in total. The van der Waals surface area contributed by atoms with Gasteiger partial charge in [-0.15, -0.1) is 11.8 Å². The smallest absolute Gasteiger partial charge is 0.252 e. The third kappa shape index (κ3) is 4.22. The Morgan fingerprint density at radius 3 is 2.52 bits per heavy atom. The van der Waals surface area contributed by atoms with Crippen molar-refractivity contribution in [3.8, 4) is 0 Å². The highest BCUT2D eigenvalue weighted by Gasteiger charge is 2.42. The monoisotopic (exact) mass is 382 g/mol. The van der Waals surface area contributed by atoms with Crippen LogP contribution in [0.25, 0.3) is 0 Å². The van der Waals surface area contributed by atoms with Gasteiger partial charge in [0, 0.05) is 17.0 Å². The van der Waals surface area contributed by atoms with Crippen molar-refractivity contribution in [1.82, 2.24) is 10.2 Å². The van der Waals surface area contributed by atoms with Gasteiger partial charge in [0.05, 0.1) is 11.6 Å². The zero-order chi connectivity index (χ0) is 19.4. The van der Waals surface area contributed by atoms with Crippen molar-refractivity contribution in [2.24, 2.45) is 5.92 Å². The second-order valence-electron chi connectivity index (χ2n) is 7.90. The average Bonchev–Trinajstić information content (AvgIpc) is 2.69. The maximum atomic E-state index is 13.2. The van der Waals surface area contributed by atoms with Gasteiger partial charge < -0.3 is 5.32 Å². The summed E-state index contributed by atoms with van der Waals surface area (Å²) < 4.78 is 0. The van der Waals surface area contributed by atoms with E-state index in [1.165, 1.54) is 6.42 Å². The summed E-state index contributed by atoms with van der Waals surface area (Å²) in [6, 6.07) is 18.2. The third-order valence-electron chi connectivity index (χ3n) is 5.98. The summed E-state index contributed by atoms with van der Waals surface area (Å²) in [5, 5.41) is 3.39. The highest BCUT2D eigenvalue weighted by molar-refractivity contribution is 7.98. The highest BCUT2D eigenvalue weighted by Crippen LogP contribution is 2.39. The first kappa shape index (κ1) is 20.0. The number of carbonyl (C=O) groups excluding carboxylic acids is 1. The second-order valence-corrected chi connectivity index (χ2v) is 8.75. The molecule has 0 aromatic heterocycles. The number of likely N-dealkylation sites (tertiary alicyclic amines) is 1. The fourth-order valence-corrected chi connectivity index (χ4v) is 4.74. The molecule has 1 aliphatic rings. The zero-order valence-corrected chi connectivity index (χ0v) is 17.6. The summed E-state index contributed by atoms with van der Waals surface area (Å²) in [5.41, 5.74) is 1.80. The van der Waals surface area contributed by atoms with E-state index >= 15 is 0 Å². The van der Waals surface area contributed by atoms with E-state index in [4.69, 9.17) is 0 Å². The SMILES string of the molecule is CSc1ccccc1C(=O)NC(c1ccccc1)C1(C)CCC(C)CN1C. The van der Waals surface area contributed by atoms with Crippen LogP contribution in [0, 0.1) is 5.92 Å². The molecule has 1 fully saturated rings. The quantitative estimate of drug-likeness (QED) is 0.739. The Morgan fingerprint density at radius 2 is 1.85 bits per heavy atom. The number of carbonyl (C=O) groups is 1. The number of hydrogen-bond acceptors (Lipinski definition) is 3. The molecule has 1 saturated heterocycles. The number of nitrogens with zero attached hydrogens (tertiary/aromatic N) is 1. The van der Waals surface area contributed by atoms with Gasteiger partial charge in [-0.3, -0.25) is 9.69 Å². The molecular weight excluding hydrogens is 352 g/mol. The fourth-order valence-electron chi connectivity index (χ4n) is 4.15. The maximum absolute atomic E-state index is 13.2. The minimum atomic E-state index is -0.113. The lowest BCUT2D eigenvalue weighted by atomic mass is 9.76. The Kier molecular flexibility index (Phi) is 6.28. The molecule has 0 bridgehead atoms. The third-order valence-corrected chi connectivity index (χ3v) is 6.78. The van der Waals surface area contributed by atoms with Crippen molar-refractivity contribution in [2.75, 3.05) is 19.8 Å². The number of nitrogens with one attached hydrogen (secondary N) is 1. The summed E-state index contributed by atoms with van der Waals surface area (Å²) in [6.07, 6.45) is 4.26. The van der Waals surface area contributed by atoms with E-state index in [1.807, 2.05) is 36.6 Å². The van der Waals surface area contributed by atoms with Gasteiger partial charge in [0.15, 0.2) is 0 Å². The molecular formula is C23H30N2OS. The molecule has 3 atom stereocenters. The number of likely N-dealkylation sites (N-methyl/N-ethyl adjacent to an activating group) is 1. The van der Waals surface area contributed by atoms with Gasteiger partial charge in [-0.2, -0.15) is 0 Å². The van der Waals surface area contributed by atoms with Gasteiger partial charge >= 0.3 is 0 Å². The average molecular weight is 383 g/mol. The highest BCUT2D eigenvalue weighted by atomic mass is 32.2. The number of amides is 1. The largest absolute Gasteiger partial charge is 0.343 e. The summed E-state index contributed by atoms with van der Waals surface area (Å²) in [5.74, 6) is 0.689. The van der Waals surface area contributed by atoms with Crippen LogP contribution in [0.1, 0.15) is 48.7 Å². The molecule has 4 heteroatoms. The molecule has 144 valence electrons. The minimum Gasteiger partial charge on any atom is -0.343 e. The maximum Gasteiger partial charge on any atom is 0.252 e. The molecule has 3 nitrogen and oxygen atoms in total. The van der Waals surface area contributed by atoms with Gasteiger partial charge in [0.2, 0.25) is 0 Å². The Labute approximate surface area is 167 Å². The normalized spacial score (nSPS) is 24.4. The number of hydrogen-bond donors (Lipinski definition) is 1. The molecule has 27 heavy (non-hydrogen) atoms. The molecule has 0 aliphatic carbocycles. The van der Waals surface area contributed by atoms with Crippen LogP contribution in [-0.2, 0) is 0 Å². The van der Waals surface area contributed by atoms with Gasteiger partial charge in [-0.1, -0.05) is 49.4 Å². The lowest BCUT2D eigenvalue weighted by molar-refractivity contribution is 0.0276. The molecule has 1 aliphatic heterocycles. The predicted molar refractivity (Wildman–Crippen MR) is 114 cm³/mol. The van der Waals surface area contributed by atoms with Crippen LogP contribution in [0.3, 0.4) is 0 Å². The molecule has 2 aromatic carbocycles. The predicted octanol–water partition coefficient (Wildman–Crippen LogP) is 5.00. The van der Waals surface area contributed by atoms with Gasteiger partial charge in [-0.25, -0.2) is 0 Å². The summed E-state index contributed by atoms with van der Waals surface area (Å²) >= 11 is 1.61. The zero-order valence-electron chi connectivity index (χ0n) is 16.7. The van der Waals surface area contributed by atoms with Crippen LogP contribution in [-0.4, -0.2) is 36.2 Å². The van der Waals surface area contributed by atoms with Crippen LogP contribution in [0.2, 0.25) is 0 Å². The number of rotatable bonds is 5. The van der Waals surface area contributed by atoms with Crippen LogP contribution in [0.4, 0.5) is 0 Å². The van der Waals surface area contributed by atoms with Gasteiger partial charge in [0.25, 0.3) is 5.91 Å². The molecule has 3 unspecified atom stereocenters. The van der Waals surface area contributed by atoms with E-state index in [9.17, 15) is 4.79 Å². The number of thioether (sulfide) groups is 1. The van der Waals surface area contributed by atoms with E-state index in [2.05, 4.69) is 55.4 Å². The summed E-state index contributed by atoms with van der Waals surface area (Å²) in [4.78, 5) is 16.7. The molecule has 1 heterocycles. The van der Waals surface area contributed by atoms with Crippen molar-refractivity contribution >= 4 is 17.7 Å². The van der Waals surface area contributed by atoms with Crippen molar-refractivity contribution in [3.05, 3.63) is 65.7 Å². The topological polar surface area (TPSA) is 32.3 Å². The van der Waals surface area contributed by atoms with Crippen LogP contribution in [0.5, 0.6) is 0 Å². The molecule has 2 aromatic rings. The van der Waals surface area contributed by atoms with E-state index in [0.29, 0.717) is 5.92 Å². The first-order chi connectivity index (χ1) is 13.0. The Morgan fingerprint density at radius 1 is 1.19 bits per heavy atom. The molecule has 0 radical (unpaired) electrons. The summed E-state index contributed by atoms with van der Waals surface area (Å²) in [6.45, 7) is 5.65. The van der Waals surface area contributed by atoms with Crippen LogP contribution in [0.15, 0.2) is 59.5 Å². The molecule has 0 saturated carbocycles. The van der Waals surface area contributed by atoms with Gasteiger partial charge in [-0.05, 0) is 56.7 Å². The van der Waals surface area contributed by atoms with E-state index in [0.717, 1.165) is 29.0 Å².